The first-order valence-electron chi connectivity index (χ1n) is 8.71. The van der Waals surface area contributed by atoms with Crippen LogP contribution in [0.25, 0.3) is 0 Å². The summed E-state index contributed by atoms with van der Waals surface area (Å²) in [7, 11) is 1.59. The van der Waals surface area contributed by atoms with Crippen LogP contribution in [0.4, 0.5) is 0 Å². The van der Waals surface area contributed by atoms with Gasteiger partial charge in [-0.25, -0.2) is 4.98 Å². The van der Waals surface area contributed by atoms with E-state index in [-0.39, 0.29) is 17.8 Å². The first-order chi connectivity index (χ1) is 12.5. The van der Waals surface area contributed by atoms with Crippen molar-refractivity contribution in [3.63, 3.8) is 0 Å². The Labute approximate surface area is 153 Å². The van der Waals surface area contributed by atoms with E-state index < -0.39 is 0 Å². The molecule has 0 saturated carbocycles. The molecule has 2 aliphatic heterocycles. The Morgan fingerprint density at radius 2 is 1.81 bits per heavy atom. The molecule has 0 N–H and O–H groups in total. The van der Waals surface area contributed by atoms with Gasteiger partial charge in [0, 0.05) is 28.8 Å². The molecule has 1 aromatic heterocycles. The Balaban J connectivity index is 1.47. The van der Waals surface area contributed by atoms with E-state index in [1.807, 2.05) is 30.3 Å². The van der Waals surface area contributed by atoms with Gasteiger partial charge in [-0.3, -0.25) is 0 Å². The van der Waals surface area contributed by atoms with Crippen LogP contribution in [0.1, 0.15) is 37.4 Å². The fraction of sp³-hybridized carbons (Fsp3) is 0.450. The van der Waals surface area contributed by atoms with Gasteiger partial charge in [-0.15, -0.1) is 0 Å². The molecule has 0 amide bonds. The van der Waals surface area contributed by atoms with Gasteiger partial charge in [0.2, 0.25) is 5.88 Å². The molecule has 26 heavy (non-hydrogen) atoms. The average Bonchev–Trinajstić information content (AvgIpc) is 2.67. The summed E-state index contributed by atoms with van der Waals surface area (Å²) < 4.78 is 28.8. The number of pyridine rings is 1. The topological polar surface area (TPSA) is 59.0 Å². The van der Waals surface area contributed by atoms with Crippen molar-refractivity contribution in [2.45, 2.75) is 26.2 Å². The van der Waals surface area contributed by atoms with Gasteiger partial charge in [0.15, 0.2) is 23.9 Å². The monoisotopic (exact) mass is 357 g/mol. The first kappa shape index (κ1) is 17.1. The number of hydrogen-bond donors (Lipinski definition) is 0. The van der Waals surface area contributed by atoms with Crippen LogP contribution < -0.4 is 14.2 Å². The van der Waals surface area contributed by atoms with Crippen LogP contribution >= 0.6 is 0 Å². The molecule has 6 heteroatoms. The maximum atomic E-state index is 6.08. The van der Waals surface area contributed by atoms with Gasteiger partial charge < -0.3 is 23.7 Å². The molecule has 1 atom stereocenters. The van der Waals surface area contributed by atoms with Crippen molar-refractivity contribution in [1.29, 1.82) is 0 Å². The van der Waals surface area contributed by atoms with Gasteiger partial charge in [-0.2, -0.15) is 0 Å². The van der Waals surface area contributed by atoms with E-state index in [9.17, 15) is 0 Å². The highest BCUT2D eigenvalue weighted by Gasteiger charge is 2.30. The van der Waals surface area contributed by atoms with Crippen molar-refractivity contribution in [3.05, 3.63) is 47.7 Å². The summed E-state index contributed by atoms with van der Waals surface area (Å²) in [4.78, 5) is 4.22. The molecule has 2 aliphatic rings. The lowest BCUT2D eigenvalue weighted by Crippen LogP contribution is -2.33. The maximum absolute atomic E-state index is 6.08. The molecule has 0 bridgehead atoms. The maximum Gasteiger partial charge on any atom is 0.212 e. The van der Waals surface area contributed by atoms with Gasteiger partial charge in [-0.05, 0) is 18.2 Å². The molecule has 1 aromatic carbocycles. The number of benzene rings is 1. The summed E-state index contributed by atoms with van der Waals surface area (Å²) in [6.07, 6.45) is 1.19. The Morgan fingerprint density at radius 1 is 1.04 bits per heavy atom. The van der Waals surface area contributed by atoms with Crippen LogP contribution in [0, 0.1) is 5.41 Å². The predicted molar refractivity (Wildman–Crippen MR) is 94.5 cm³/mol. The molecule has 1 saturated heterocycles. The number of ether oxygens (including phenoxy) is 5. The average molecular weight is 357 g/mol. The minimum atomic E-state index is -0.361. The van der Waals surface area contributed by atoms with E-state index in [0.29, 0.717) is 37.2 Å². The molecule has 1 fully saturated rings. The Morgan fingerprint density at radius 3 is 2.50 bits per heavy atom. The Kier molecular flexibility index (Phi) is 4.46. The van der Waals surface area contributed by atoms with E-state index in [0.717, 1.165) is 11.1 Å². The molecule has 6 nitrogen and oxygen atoms in total. The van der Waals surface area contributed by atoms with Crippen LogP contribution in [0.3, 0.4) is 0 Å². The van der Waals surface area contributed by atoms with Crippen molar-refractivity contribution < 1.29 is 23.7 Å². The minimum absolute atomic E-state index is 0.0456. The van der Waals surface area contributed by atoms with E-state index in [1.54, 1.807) is 13.3 Å². The van der Waals surface area contributed by atoms with Crippen LogP contribution in [-0.4, -0.2) is 31.9 Å². The van der Waals surface area contributed by atoms with E-state index in [2.05, 4.69) is 18.8 Å². The standard InChI is InChI=1S/C20H23NO5/c1-20(2)11-24-19(25-12-20)13-4-6-15-16(8-13)23-10-17(26-15)14-5-7-18(22-3)21-9-14/h4-9,17,19H,10-12H2,1-3H3. The fourth-order valence-electron chi connectivity index (χ4n) is 2.99. The normalized spacial score (nSPS) is 22.0. The molecule has 0 spiro atoms. The van der Waals surface area contributed by atoms with E-state index in [4.69, 9.17) is 23.7 Å². The van der Waals surface area contributed by atoms with Crippen LogP contribution in [0.5, 0.6) is 17.4 Å². The molecular weight excluding hydrogens is 334 g/mol. The first-order valence-corrected chi connectivity index (χ1v) is 8.71. The van der Waals surface area contributed by atoms with E-state index in [1.165, 1.54) is 0 Å². The number of rotatable bonds is 3. The quantitative estimate of drug-likeness (QED) is 0.835. The zero-order valence-corrected chi connectivity index (χ0v) is 15.2. The highest BCUT2D eigenvalue weighted by atomic mass is 16.7. The zero-order chi connectivity index (χ0) is 18.1. The van der Waals surface area contributed by atoms with E-state index >= 15 is 0 Å². The van der Waals surface area contributed by atoms with Crippen LogP contribution in [0.15, 0.2) is 36.5 Å². The van der Waals surface area contributed by atoms with Gasteiger partial charge >= 0.3 is 0 Å². The third-order valence-electron chi connectivity index (χ3n) is 4.49. The third-order valence-corrected chi connectivity index (χ3v) is 4.49. The van der Waals surface area contributed by atoms with Crippen molar-refractivity contribution in [2.24, 2.45) is 5.41 Å². The van der Waals surface area contributed by atoms with Crippen LogP contribution in [0.2, 0.25) is 0 Å². The number of hydrogen-bond acceptors (Lipinski definition) is 6. The van der Waals surface area contributed by atoms with Crippen molar-refractivity contribution in [2.75, 3.05) is 26.9 Å². The number of methoxy groups -OCH3 is 1. The third kappa shape index (κ3) is 3.48. The van der Waals surface area contributed by atoms with Crippen molar-refractivity contribution in [3.8, 4) is 17.4 Å². The molecule has 1 unspecified atom stereocenters. The highest BCUT2D eigenvalue weighted by molar-refractivity contribution is 5.45. The molecular formula is C20H23NO5. The van der Waals surface area contributed by atoms with Crippen molar-refractivity contribution >= 4 is 0 Å². The molecule has 2 aromatic rings. The lowest BCUT2D eigenvalue weighted by Gasteiger charge is -2.35. The number of aromatic nitrogens is 1. The number of fused-ring (bicyclic) bond motifs is 1. The molecule has 138 valence electrons. The minimum Gasteiger partial charge on any atom is -0.485 e. The van der Waals surface area contributed by atoms with Gasteiger partial charge in [0.1, 0.15) is 6.61 Å². The molecule has 0 aliphatic carbocycles. The van der Waals surface area contributed by atoms with Crippen molar-refractivity contribution in [1.82, 2.24) is 4.98 Å². The second-order valence-corrected chi connectivity index (χ2v) is 7.38. The largest absolute Gasteiger partial charge is 0.485 e. The zero-order valence-electron chi connectivity index (χ0n) is 15.2. The molecule has 0 radical (unpaired) electrons. The fourth-order valence-corrected chi connectivity index (χ4v) is 2.99. The predicted octanol–water partition coefficient (Wildman–Crippen LogP) is 3.67. The van der Waals surface area contributed by atoms with Gasteiger partial charge in [0.25, 0.3) is 0 Å². The number of nitrogens with zero attached hydrogens (tertiary/aromatic N) is 1. The SMILES string of the molecule is COc1ccc(C2COc3cc(C4OCC(C)(C)CO4)ccc3O2)cn1. The summed E-state index contributed by atoms with van der Waals surface area (Å²) >= 11 is 0. The summed E-state index contributed by atoms with van der Waals surface area (Å²) in [5, 5.41) is 0. The second kappa shape index (κ2) is 6.78. The molecule has 4 rings (SSSR count). The summed E-state index contributed by atoms with van der Waals surface area (Å²) in [6, 6.07) is 9.54. The lowest BCUT2D eigenvalue weighted by molar-refractivity contribution is -0.226. The second-order valence-electron chi connectivity index (χ2n) is 7.38. The highest BCUT2D eigenvalue weighted by Crippen LogP contribution is 2.40. The van der Waals surface area contributed by atoms with Crippen LogP contribution in [-0.2, 0) is 9.47 Å². The summed E-state index contributed by atoms with van der Waals surface area (Å²) in [5.41, 5.74) is 1.93. The Hall–Kier alpha value is -2.31. The summed E-state index contributed by atoms with van der Waals surface area (Å²) in [6.45, 7) is 6.00. The Bertz CT molecular complexity index is 764. The smallest absolute Gasteiger partial charge is 0.212 e. The lowest BCUT2D eigenvalue weighted by atomic mass is 9.95. The van der Waals surface area contributed by atoms with Gasteiger partial charge in [-0.1, -0.05) is 19.9 Å². The summed E-state index contributed by atoms with van der Waals surface area (Å²) in [5.74, 6) is 1.99. The van der Waals surface area contributed by atoms with Gasteiger partial charge in [0.05, 0.1) is 20.3 Å². The molecule has 3 heterocycles.